The van der Waals surface area contributed by atoms with Crippen LogP contribution in [0.1, 0.15) is 38.5 Å². The lowest BCUT2D eigenvalue weighted by Gasteiger charge is -2.30. The van der Waals surface area contributed by atoms with Crippen LogP contribution in [-0.4, -0.2) is 67.1 Å². The van der Waals surface area contributed by atoms with Gasteiger partial charge in [0.15, 0.2) is 0 Å². The first-order valence-electron chi connectivity index (χ1n) is 11.9. The van der Waals surface area contributed by atoms with E-state index in [0.29, 0.717) is 18.0 Å². The summed E-state index contributed by atoms with van der Waals surface area (Å²) in [5.41, 5.74) is 2.78. The number of aromatic nitrogens is 3. The molecule has 8 heteroatoms. The second kappa shape index (κ2) is 12.1. The number of pyridine rings is 1. The fourth-order valence-electron chi connectivity index (χ4n) is 4.49. The monoisotopic (exact) mass is 440 g/mol. The molecule has 0 bridgehead atoms. The Labute approximate surface area is 190 Å². The van der Waals surface area contributed by atoms with E-state index in [-0.39, 0.29) is 0 Å². The Morgan fingerprint density at radius 1 is 0.969 bits per heavy atom. The normalized spacial score (nSPS) is 21.9. The summed E-state index contributed by atoms with van der Waals surface area (Å²) in [7, 11) is 1.74. The Morgan fingerprint density at radius 2 is 1.75 bits per heavy atom. The molecule has 0 unspecified atom stereocenters. The molecular formula is C24H36N6O2. The topological polar surface area (TPSA) is 93.2 Å². The number of anilines is 2. The van der Waals surface area contributed by atoms with Gasteiger partial charge in [0.2, 0.25) is 0 Å². The summed E-state index contributed by atoms with van der Waals surface area (Å²) in [5, 5.41) is 10.7. The number of hydrogen-bond acceptors (Lipinski definition) is 8. The summed E-state index contributed by atoms with van der Waals surface area (Å²) in [6.07, 6.45) is 10.3. The van der Waals surface area contributed by atoms with Crippen molar-refractivity contribution in [2.24, 2.45) is 5.92 Å². The van der Waals surface area contributed by atoms with Crippen LogP contribution in [0.5, 0.6) is 0 Å². The van der Waals surface area contributed by atoms with Gasteiger partial charge < -0.3 is 25.4 Å². The van der Waals surface area contributed by atoms with Gasteiger partial charge in [0.1, 0.15) is 12.1 Å². The molecule has 8 nitrogen and oxygen atoms in total. The Morgan fingerprint density at radius 3 is 2.56 bits per heavy atom. The summed E-state index contributed by atoms with van der Waals surface area (Å²) < 4.78 is 10.6. The smallest absolute Gasteiger partial charge is 0.130 e. The van der Waals surface area contributed by atoms with E-state index in [1.54, 1.807) is 13.4 Å². The van der Waals surface area contributed by atoms with Crippen molar-refractivity contribution < 1.29 is 9.47 Å². The molecule has 2 fully saturated rings. The fourth-order valence-corrected chi connectivity index (χ4v) is 4.49. The Hall–Kier alpha value is -2.29. The fraction of sp³-hybridized carbons (Fsp3) is 0.625. The second-order valence-corrected chi connectivity index (χ2v) is 8.79. The molecule has 174 valence electrons. The second-order valence-electron chi connectivity index (χ2n) is 8.79. The average Bonchev–Trinajstić information content (AvgIpc) is 2.85. The van der Waals surface area contributed by atoms with E-state index in [2.05, 4.69) is 37.0 Å². The lowest BCUT2D eigenvalue weighted by molar-refractivity contribution is 0.0699. The third-order valence-corrected chi connectivity index (χ3v) is 6.44. The van der Waals surface area contributed by atoms with Gasteiger partial charge in [-0.2, -0.15) is 0 Å². The van der Waals surface area contributed by atoms with E-state index in [1.807, 2.05) is 18.3 Å². The van der Waals surface area contributed by atoms with E-state index in [1.165, 1.54) is 12.8 Å². The molecule has 1 saturated carbocycles. The third-order valence-electron chi connectivity index (χ3n) is 6.44. The quantitative estimate of drug-likeness (QED) is 0.485. The van der Waals surface area contributed by atoms with Gasteiger partial charge in [0.05, 0.1) is 18.0 Å². The summed E-state index contributed by atoms with van der Waals surface area (Å²) in [4.78, 5) is 13.5. The van der Waals surface area contributed by atoms with Crippen molar-refractivity contribution in [3.05, 3.63) is 30.7 Å². The molecule has 2 aromatic heterocycles. The number of nitrogens with one attached hydrogen (secondary N) is 3. The summed E-state index contributed by atoms with van der Waals surface area (Å²) in [5.74, 6) is 1.54. The highest BCUT2D eigenvalue weighted by Crippen LogP contribution is 2.24. The van der Waals surface area contributed by atoms with Crippen LogP contribution >= 0.6 is 0 Å². The van der Waals surface area contributed by atoms with E-state index in [9.17, 15) is 0 Å². The summed E-state index contributed by atoms with van der Waals surface area (Å²) in [6, 6.07) is 7.13. The van der Waals surface area contributed by atoms with Crippen LogP contribution in [0.2, 0.25) is 0 Å². The molecule has 0 radical (unpaired) electrons. The number of nitrogens with zero attached hydrogens (tertiary/aromatic N) is 3. The van der Waals surface area contributed by atoms with Gasteiger partial charge in [0.25, 0.3) is 0 Å². The first-order chi connectivity index (χ1) is 15.8. The van der Waals surface area contributed by atoms with Crippen LogP contribution in [-0.2, 0) is 9.47 Å². The largest absolute Gasteiger partial charge is 0.385 e. The molecule has 1 saturated heterocycles. The van der Waals surface area contributed by atoms with Crippen LogP contribution in [0, 0.1) is 5.92 Å². The average molecular weight is 441 g/mol. The first kappa shape index (κ1) is 22.9. The van der Waals surface area contributed by atoms with E-state index >= 15 is 0 Å². The predicted octanol–water partition coefficient (Wildman–Crippen LogP) is 3.34. The van der Waals surface area contributed by atoms with Gasteiger partial charge in [-0.3, -0.25) is 4.98 Å². The van der Waals surface area contributed by atoms with Gasteiger partial charge in [-0.15, -0.1) is 0 Å². The summed E-state index contributed by atoms with van der Waals surface area (Å²) in [6.45, 7) is 4.40. The van der Waals surface area contributed by atoms with Crippen LogP contribution in [0.3, 0.4) is 0 Å². The Balaban J connectivity index is 1.30. The third kappa shape index (κ3) is 6.85. The number of hydrogen-bond donors (Lipinski definition) is 3. The highest BCUT2D eigenvalue weighted by molar-refractivity contribution is 5.63. The molecule has 32 heavy (non-hydrogen) atoms. The van der Waals surface area contributed by atoms with Crippen LogP contribution in [0.4, 0.5) is 11.5 Å². The predicted molar refractivity (Wildman–Crippen MR) is 127 cm³/mol. The van der Waals surface area contributed by atoms with Gasteiger partial charge in [0, 0.05) is 63.4 Å². The van der Waals surface area contributed by atoms with Crippen molar-refractivity contribution >= 4 is 11.5 Å². The molecule has 1 aliphatic carbocycles. The Kier molecular flexibility index (Phi) is 8.64. The SMILES string of the molecule is COCCNC1CCC(Nc2cc(-c3cc(NCC4CCOCC4)ccn3)ncn2)CC1. The minimum Gasteiger partial charge on any atom is -0.385 e. The van der Waals surface area contributed by atoms with Crippen molar-refractivity contribution in [3.8, 4) is 11.4 Å². The van der Waals surface area contributed by atoms with E-state index in [0.717, 1.165) is 81.5 Å². The number of ether oxygens (including phenoxy) is 2. The van der Waals surface area contributed by atoms with E-state index in [4.69, 9.17) is 9.47 Å². The minimum absolute atomic E-state index is 0.443. The zero-order valence-electron chi connectivity index (χ0n) is 19.1. The van der Waals surface area contributed by atoms with E-state index < -0.39 is 0 Å². The van der Waals surface area contributed by atoms with Crippen molar-refractivity contribution in [2.75, 3.05) is 50.7 Å². The number of methoxy groups -OCH3 is 1. The molecule has 0 aromatic carbocycles. The van der Waals surface area contributed by atoms with Crippen molar-refractivity contribution in [3.63, 3.8) is 0 Å². The van der Waals surface area contributed by atoms with Gasteiger partial charge >= 0.3 is 0 Å². The van der Waals surface area contributed by atoms with Gasteiger partial charge in [-0.25, -0.2) is 9.97 Å². The molecule has 0 atom stereocenters. The standard InChI is InChI=1S/C24H36N6O2/c1-31-13-10-25-19-2-4-20(5-3-19)30-24-15-23(28-17-29-24)22-14-21(6-9-26-22)27-16-18-7-11-32-12-8-18/h6,9,14-15,17-20,25H,2-5,7-8,10-13,16H2,1H3,(H,26,27)(H,28,29,30). The van der Waals surface area contributed by atoms with Crippen molar-refractivity contribution in [2.45, 2.75) is 50.6 Å². The maximum Gasteiger partial charge on any atom is 0.130 e. The zero-order chi connectivity index (χ0) is 22.0. The Bertz CT molecular complexity index is 822. The summed E-state index contributed by atoms with van der Waals surface area (Å²) >= 11 is 0. The van der Waals surface area contributed by atoms with Crippen LogP contribution in [0.25, 0.3) is 11.4 Å². The molecule has 2 aromatic rings. The number of rotatable bonds is 10. The maximum absolute atomic E-state index is 5.45. The molecule has 2 aliphatic rings. The molecule has 0 amide bonds. The lowest BCUT2D eigenvalue weighted by Crippen LogP contribution is -2.38. The molecular weight excluding hydrogens is 404 g/mol. The maximum atomic E-state index is 5.45. The van der Waals surface area contributed by atoms with Crippen molar-refractivity contribution in [1.29, 1.82) is 0 Å². The molecule has 4 rings (SSSR count). The van der Waals surface area contributed by atoms with Gasteiger partial charge in [-0.1, -0.05) is 0 Å². The zero-order valence-corrected chi connectivity index (χ0v) is 19.1. The highest BCUT2D eigenvalue weighted by Gasteiger charge is 2.21. The van der Waals surface area contributed by atoms with Crippen LogP contribution in [0.15, 0.2) is 30.7 Å². The highest BCUT2D eigenvalue weighted by atomic mass is 16.5. The molecule has 3 N–H and O–H groups in total. The van der Waals surface area contributed by atoms with Gasteiger partial charge in [-0.05, 0) is 56.6 Å². The van der Waals surface area contributed by atoms with Crippen molar-refractivity contribution in [1.82, 2.24) is 20.3 Å². The van der Waals surface area contributed by atoms with Crippen LogP contribution < -0.4 is 16.0 Å². The molecule has 1 aliphatic heterocycles. The molecule has 0 spiro atoms. The first-order valence-corrected chi connectivity index (χ1v) is 11.9. The lowest BCUT2D eigenvalue weighted by atomic mass is 9.91. The molecule has 3 heterocycles. The minimum atomic E-state index is 0.443.